The zero-order valence-corrected chi connectivity index (χ0v) is 17.7. The van der Waals surface area contributed by atoms with Gasteiger partial charge in [-0.3, -0.25) is 9.78 Å². The molecule has 3 aromatic rings. The van der Waals surface area contributed by atoms with Crippen LogP contribution in [-0.4, -0.2) is 25.1 Å². The van der Waals surface area contributed by atoms with Crippen molar-refractivity contribution >= 4 is 27.3 Å². The maximum atomic E-state index is 12.3. The number of hydrogen-bond donors (Lipinski definition) is 1. The van der Waals surface area contributed by atoms with Crippen LogP contribution >= 0.6 is 11.6 Å². The second-order valence-corrected chi connectivity index (χ2v) is 9.10. The minimum absolute atomic E-state index is 0.124. The van der Waals surface area contributed by atoms with Gasteiger partial charge in [-0.25, -0.2) is 8.42 Å². The number of nitrogens with one attached hydrogen (secondary N) is 1. The zero-order valence-electron chi connectivity index (χ0n) is 16.1. The van der Waals surface area contributed by atoms with E-state index in [4.69, 9.17) is 16.3 Å². The molecule has 156 valence electrons. The van der Waals surface area contributed by atoms with Crippen molar-refractivity contribution in [2.45, 2.75) is 24.5 Å². The Morgan fingerprint density at radius 2 is 1.83 bits per heavy atom. The first-order valence-corrected chi connectivity index (χ1v) is 11.3. The number of aromatic nitrogens is 1. The SMILES string of the molecule is O=C(CCS(=O)(=O)c1ccc(Cl)cc1)NCc1cccc(OCc2ccccn2)c1. The lowest BCUT2D eigenvalue weighted by Gasteiger charge is -2.09. The van der Waals surface area contributed by atoms with Crippen molar-refractivity contribution < 1.29 is 17.9 Å². The van der Waals surface area contributed by atoms with Crippen molar-refractivity contribution in [3.05, 3.63) is 89.2 Å². The smallest absolute Gasteiger partial charge is 0.221 e. The number of nitrogens with zero attached hydrogens (tertiary/aromatic N) is 1. The third-order valence-electron chi connectivity index (χ3n) is 4.27. The van der Waals surface area contributed by atoms with Crippen LogP contribution in [0.1, 0.15) is 17.7 Å². The fraction of sp³-hybridized carbons (Fsp3) is 0.182. The fourth-order valence-electron chi connectivity index (χ4n) is 2.66. The summed E-state index contributed by atoms with van der Waals surface area (Å²) in [6, 6.07) is 18.9. The van der Waals surface area contributed by atoms with Crippen LogP contribution < -0.4 is 10.1 Å². The van der Waals surface area contributed by atoms with Crippen molar-refractivity contribution in [1.82, 2.24) is 10.3 Å². The van der Waals surface area contributed by atoms with E-state index in [0.717, 1.165) is 11.3 Å². The van der Waals surface area contributed by atoms with Crippen LogP contribution in [0.25, 0.3) is 0 Å². The third-order valence-corrected chi connectivity index (χ3v) is 6.26. The molecule has 0 spiro atoms. The average Bonchev–Trinajstić information content (AvgIpc) is 2.76. The van der Waals surface area contributed by atoms with Gasteiger partial charge in [0.2, 0.25) is 5.91 Å². The molecule has 2 aromatic carbocycles. The molecule has 0 fully saturated rings. The van der Waals surface area contributed by atoms with Gasteiger partial charge in [-0.2, -0.15) is 0 Å². The van der Waals surface area contributed by atoms with Gasteiger partial charge in [0.1, 0.15) is 12.4 Å². The molecule has 0 radical (unpaired) electrons. The van der Waals surface area contributed by atoms with E-state index >= 15 is 0 Å². The maximum Gasteiger partial charge on any atom is 0.221 e. The highest BCUT2D eigenvalue weighted by Crippen LogP contribution is 2.17. The monoisotopic (exact) mass is 444 g/mol. The highest BCUT2D eigenvalue weighted by molar-refractivity contribution is 7.91. The number of ether oxygens (including phenoxy) is 1. The number of benzene rings is 2. The second-order valence-electron chi connectivity index (χ2n) is 6.56. The quantitative estimate of drug-likeness (QED) is 0.542. The number of rotatable bonds is 9. The number of pyridine rings is 1. The van der Waals surface area contributed by atoms with Gasteiger partial charge in [0, 0.05) is 24.2 Å². The molecule has 1 amide bonds. The molecule has 6 nitrogen and oxygen atoms in total. The van der Waals surface area contributed by atoms with Gasteiger partial charge in [-0.05, 0) is 54.1 Å². The molecule has 30 heavy (non-hydrogen) atoms. The van der Waals surface area contributed by atoms with Crippen LogP contribution in [0.4, 0.5) is 0 Å². The average molecular weight is 445 g/mol. The Balaban J connectivity index is 1.48. The molecule has 0 bridgehead atoms. The summed E-state index contributed by atoms with van der Waals surface area (Å²) in [7, 11) is -3.54. The molecule has 0 aliphatic rings. The Kier molecular flexibility index (Phi) is 7.43. The van der Waals surface area contributed by atoms with Crippen LogP contribution in [0.15, 0.2) is 77.8 Å². The van der Waals surface area contributed by atoms with E-state index in [2.05, 4.69) is 10.3 Å². The van der Waals surface area contributed by atoms with Crippen molar-refractivity contribution in [2.24, 2.45) is 0 Å². The van der Waals surface area contributed by atoms with Crippen molar-refractivity contribution in [2.75, 3.05) is 5.75 Å². The lowest BCUT2D eigenvalue weighted by molar-refractivity contribution is -0.120. The van der Waals surface area contributed by atoms with E-state index in [1.54, 1.807) is 6.20 Å². The summed E-state index contributed by atoms with van der Waals surface area (Å²) in [5.41, 5.74) is 1.67. The predicted octanol–water partition coefficient (Wildman–Crippen LogP) is 3.79. The molecular weight excluding hydrogens is 424 g/mol. The summed E-state index contributed by atoms with van der Waals surface area (Å²) in [6.07, 6.45) is 1.58. The van der Waals surface area contributed by atoms with Crippen molar-refractivity contribution in [3.8, 4) is 5.75 Å². The van der Waals surface area contributed by atoms with E-state index in [-0.39, 0.29) is 29.5 Å². The van der Waals surface area contributed by atoms with Crippen molar-refractivity contribution in [1.29, 1.82) is 0 Å². The summed E-state index contributed by atoms with van der Waals surface area (Å²) in [6.45, 7) is 0.625. The largest absolute Gasteiger partial charge is 0.487 e. The zero-order chi connectivity index (χ0) is 21.4. The standard InChI is InChI=1S/C22H21ClN2O4S/c23-18-7-9-21(10-8-18)30(27,28)13-11-22(26)25-15-17-4-3-6-20(14-17)29-16-19-5-1-2-12-24-19/h1-10,12,14H,11,13,15-16H2,(H,25,26). The maximum absolute atomic E-state index is 12.3. The van der Waals surface area contributed by atoms with E-state index in [9.17, 15) is 13.2 Å². The second kappa shape index (κ2) is 10.2. The lowest BCUT2D eigenvalue weighted by atomic mass is 10.2. The van der Waals surface area contributed by atoms with E-state index in [1.807, 2.05) is 42.5 Å². The Hall–Kier alpha value is -2.90. The molecular formula is C22H21ClN2O4S. The van der Waals surface area contributed by atoms with Crippen LogP contribution in [0, 0.1) is 0 Å². The van der Waals surface area contributed by atoms with Gasteiger partial charge in [0.25, 0.3) is 0 Å². The van der Waals surface area contributed by atoms with Gasteiger partial charge in [0.15, 0.2) is 9.84 Å². The molecule has 1 heterocycles. The van der Waals surface area contributed by atoms with Crippen LogP contribution in [-0.2, 0) is 27.8 Å². The number of sulfone groups is 1. The van der Waals surface area contributed by atoms with Crippen LogP contribution in [0.2, 0.25) is 5.02 Å². The van der Waals surface area contributed by atoms with E-state index in [1.165, 1.54) is 24.3 Å². The molecule has 8 heteroatoms. The molecule has 1 N–H and O–H groups in total. The Bertz CT molecular complexity index is 1090. The van der Waals surface area contributed by atoms with E-state index in [0.29, 0.717) is 17.4 Å². The molecule has 0 saturated heterocycles. The van der Waals surface area contributed by atoms with Gasteiger partial charge in [-0.1, -0.05) is 29.8 Å². The summed E-state index contributed by atoms with van der Waals surface area (Å²) in [5.74, 6) is 0.0540. The topological polar surface area (TPSA) is 85.4 Å². The minimum Gasteiger partial charge on any atom is -0.487 e. The molecule has 0 atom stereocenters. The normalized spacial score (nSPS) is 11.1. The van der Waals surface area contributed by atoms with Crippen molar-refractivity contribution in [3.63, 3.8) is 0 Å². The summed E-state index contributed by atoms with van der Waals surface area (Å²) in [5, 5.41) is 3.20. The molecule has 3 rings (SSSR count). The van der Waals surface area contributed by atoms with Gasteiger partial charge in [0.05, 0.1) is 16.3 Å². The lowest BCUT2D eigenvalue weighted by Crippen LogP contribution is -2.25. The number of halogens is 1. The van der Waals surface area contributed by atoms with Gasteiger partial charge in [-0.15, -0.1) is 0 Å². The number of carbonyl (C=O) groups excluding carboxylic acids is 1. The fourth-order valence-corrected chi connectivity index (χ4v) is 4.03. The van der Waals surface area contributed by atoms with Crippen LogP contribution in [0.5, 0.6) is 5.75 Å². The number of hydrogen-bond acceptors (Lipinski definition) is 5. The Morgan fingerprint density at radius 3 is 2.57 bits per heavy atom. The predicted molar refractivity (Wildman–Crippen MR) is 115 cm³/mol. The molecule has 0 saturated carbocycles. The summed E-state index contributed by atoms with van der Waals surface area (Å²) in [4.78, 5) is 16.5. The first-order valence-electron chi connectivity index (χ1n) is 9.29. The van der Waals surface area contributed by atoms with Gasteiger partial charge >= 0.3 is 0 Å². The Morgan fingerprint density at radius 1 is 1.03 bits per heavy atom. The highest BCUT2D eigenvalue weighted by atomic mass is 35.5. The van der Waals surface area contributed by atoms with Crippen LogP contribution in [0.3, 0.4) is 0 Å². The third kappa shape index (κ3) is 6.57. The first kappa shape index (κ1) is 21.8. The minimum atomic E-state index is -3.54. The first-order chi connectivity index (χ1) is 14.4. The molecule has 0 unspecified atom stereocenters. The molecule has 0 aliphatic carbocycles. The Labute approximate surface area is 180 Å². The number of amides is 1. The highest BCUT2D eigenvalue weighted by Gasteiger charge is 2.16. The van der Waals surface area contributed by atoms with Gasteiger partial charge < -0.3 is 10.1 Å². The number of carbonyl (C=O) groups is 1. The van der Waals surface area contributed by atoms with E-state index < -0.39 is 9.84 Å². The summed E-state index contributed by atoms with van der Waals surface area (Å²) >= 11 is 5.78. The summed E-state index contributed by atoms with van der Waals surface area (Å²) < 4.78 is 30.3. The molecule has 0 aliphatic heterocycles. The molecule has 1 aromatic heterocycles.